The second-order valence-corrected chi connectivity index (χ2v) is 2.80. The topological polar surface area (TPSA) is 35.0 Å². The maximum absolute atomic E-state index is 5.16. The molecule has 1 aromatic carbocycles. The summed E-state index contributed by atoms with van der Waals surface area (Å²) in [6.07, 6.45) is 0. The highest BCUT2D eigenvalue weighted by Gasteiger charge is 2.03. The largest absolute Gasteiger partial charge is 0.480 e. The van der Waals surface area contributed by atoms with Crippen molar-refractivity contribution in [1.29, 1.82) is 0 Å². The zero-order chi connectivity index (χ0) is 11.3. The summed E-state index contributed by atoms with van der Waals surface area (Å²) in [5.41, 5.74) is 0.923. The molecule has 2 aromatic rings. The van der Waals surface area contributed by atoms with Gasteiger partial charge in [0.2, 0.25) is 5.88 Å². The van der Waals surface area contributed by atoms with Crippen LogP contribution in [0, 0.1) is 6.92 Å². The first-order valence-corrected chi connectivity index (χ1v) is 5.08. The summed E-state index contributed by atoms with van der Waals surface area (Å²) in [4.78, 5) is 8.48. The minimum absolute atomic E-state index is 0.642. The number of aromatic nitrogens is 2. The molecule has 1 heterocycles. The fraction of sp³-hybridized carbons (Fsp3) is 0.333. The van der Waals surface area contributed by atoms with Crippen molar-refractivity contribution in [2.45, 2.75) is 20.8 Å². The van der Waals surface area contributed by atoms with Crippen LogP contribution in [0.1, 0.15) is 19.7 Å². The highest BCUT2D eigenvalue weighted by atomic mass is 16.5. The van der Waals surface area contributed by atoms with Crippen molar-refractivity contribution < 1.29 is 4.74 Å². The number of hydrogen-bond donors (Lipinski definition) is 0. The van der Waals surface area contributed by atoms with E-state index in [4.69, 9.17) is 4.74 Å². The lowest BCUT2D eigenvalue weighted by molar-refractivity contribution is 0.401. The van der Waals surface area contributed by atoms with Crippen molar-refractivity contribution in [2.75, 3.05) is 7.11 Å². The molecule has 0 N–H and O–H groups in total. The molecule has 0 fully saturated rings. The number of nitrogens with zero attached hydrogens (tertiary/aromatic N) is 2. The van der Waals surface area contributed by atoms with Crippen LogP contribution in [-0.4, -0.2) is 17.1 Å². The van der Waals surface area contributed by atoms with Crippen molar-refractivity contribution in [3.05, 3.63) is 30.1 Å². The Morgan fingerprint density at radius 1 is 1.07 bits per heavy atom. The van der Waals surface area contributed by atoms with Crippen molar-refractivity contribution >= 4 is 10.9 Å². The molecule has 0 bridgehead atoms. The number of aryl methyl sites for hydroxylation is 1. The normalized spacial score (nSPS) is 9.33. The molecule has 80 valence electrons. The van der Waals surface area contributed by atoms with Crippen LogP contribution in [0.5, 0.6) is 5.88 Å². The lowest BCUT2D eigenvalue weighted by Gasteiger charge is -2.03. The molecule has 0 unspecified atom stereocenters. The smallest absolute Gasteiger partial charge is 0.224 e. The van der Waals surface area contributed by atoms with Crippen molar-refractivity contribution in [1.82, 2.24) is 9.97 Å². The molecular formula is C12H16N2O. The number of fused-ring (bicyclic) bond motifs is 1. The second kappa shape index (κ2) is 5.29. The fourth-order valence-electron chi connectivity index (χ4n) is 1.31. The molecule has 0 aliphatic carbocycles. The quantitative estimate of drug-likeness (QED) is 0.716. The summed E-state index contributed by atoms with van der Waals surface area (Å²) in [5.74, 6) is 1.37. The van der Waals surface area contributed by atoms with Gasteiger partial charge in [0, 0.05) is 0 Å². The molecule has 0 saturated carbocycles. The first-order valence-electron chi connectivity index (χ1n) is 5.08. The van der Waals surface area contributed by atoms with E-state index in [9.17, 15) is 0 Å². The molecule has 3 heteroatoms. The highest BCUT2D eigenvalue weighted by Crippen LogP contribution is 2.20. The van der Waals surface area contributed by atoms with Crippen LogP contribution in [0.25, 0.3) is 10.9 Å². The monoisotopic (exact) mass is 204 g/mol. The third-order valence-corrected chi connectivity index (χ3v) is 1.87. The molecule has 3 nitrogen and oxygen atoms in total. The Hall–Kier alpha value is -1.64. The summed E-state index contributed by atoms with van der Waals surface area (Å²) >= 11 is 0. The molecular weight excluding hydrogens is 188 g/mol. The van der Waals surface area contributed by atoms with E-state index in [1.54, 1.807) is 7.11 Å². The molecule has 0 amide bonds. The Kier molecular flexibility index (Phi) is 4.03. The Bertz CT molecular complexity index is 441. The van der Waals surface area contributed by atoms with Crippen molar-refractivity contribution in [3.8, 4) is 5.88 Å². The van der Waals surface area contributed by atoms with Gasteiger partial charge < -0.3 is 4.74 Å². The van der Waals surface area contributed by atoms with Gasteiger partial charge >= 0.3 is 0 Å². The van der Waals surface area contributed by atoms with Gasteiger partial charge in [-0.3, -0.25) is 0 Å². The van der Waals surface area contributed by atoms with Gasteiger partial charge in [0.05, 0.1) is 18.0 Å². The lowest BCUT2D eigenvalue weighted by atomic mass is 10.2. The lowest BCUT2D eigenvalue weighted by Crippen LogP contribution is -1.94. The van der Waals surface area contributed by atoms with Gasteiger partial charge in [0.15, 0.2) is 0 Å². The summed E-state index contributed by atoms with van der Waals surface area (Å²) in [6, 6.07) is 7.80. The molecule has 2 rings (SSSR count). The molecule has 0 spiro atoms. The van der Waals surface area contributed by atoms with Gasteiger partial charge in [-0.05, 0) is 19.1 Å². The Morgan fingerprint density at radius 2 is 1.73 bits per heavy atom. The average molecular weight is 204 g/mol. The summed E-state index contributed by atoms with van der Waals surface area (Å²) in [6.45, 7) is 5.86. The standard InChI is InChI=1S/C10H10N2O.C2H6/c1-7-11-9-6-4-3-5-8(9)10(12-7)13-2;1-2/h3-6H,1-2H3;1-2H3. The molecule has 0 aliphatic rings. The van der Waals surface area contributed by atoms with Crippen LogP contribution >= 0.6 is 0 Å². The SMILES string of the molecule is CC.COc1nc(C)nc2ccccc12. The van der Waals surface area contributed by atoms with Gasteiger partial charge in [-0.1, -0.05) is 26.0 Å². The van der Waals surface area contributed by atoms with Crippen LogP contribution in [0.4, 0.5) is 0 Å². The number of para-hydroxylation sites is 1. The van der Waals surface area contributed by atoms with E-state index in [1.165, 1.54) is 0 Å². The van der Waals surface area contributed by atoms with Crippen LogP contribution < -0.4 is 4.74 Å². The predicted octanol–water partition coefficient (Wildman–Crippen LogP) is 2.97. The molecule has 0 atom stereocenters. The van der Waals surface area contributed by atoms with E-state index in [1.807, 2.05) is 45.0 Å². The molecule has 0 aliphatic heterocycles. The number of hydrogen-bond acceptors (Lipinski definition) is 3. The Labute approximate surface area is 90.1 Å². The minimum atomic E-state index is 0.642. The maximum Gasteiger partial charge on any atom is 0.224 e. The van der Waals surface area contributed by atoms with E-state index in [0.29, 0.717) is 5.88 Å². The third kappa shape index (κ3) is 2.43. The Morgan fingerprint density at radius 3 is 2.40 bits per heavy atom. The van der Waals surface area contributed by atoms with Gasteiger partial charge in [0.1, 0.15) is 5.82 Å². The van der Waals surface area contributed by atoms with E-state index in [2.05, 4.69) is 9.97 Å². The predicted molar refractivity (Wildman–Crippen MR) is 62.2 cm³/mol. The summed E-state index contributed by atoms with van der Waals surface area (Å²) in [5, 5.41) is 0.954. The van der Waals surface area contributed by atoms with Crippen LogP contribution in [-0.2, 0) is 0 Å². The van der Waals surface area contributed by atoms with E-state index in [-0.39, 0.29) is 0 Å². The maximum atomic E-state index is 5.16. The van der Waals surface area contributed by atoms with Crippen molar-refractivity contribution in [3.63, 3.8) is 0 Å². The van der Waals surface area contributed by atoms with E-state index >= 15 is 0 Å². The molecule has 0 saturated heterocycles. The molecule has 15 heavy (non-hydrogen) atoms. The number of methoxy groups -OCH3 is 1. The minimum Gasteiger partial charge on any atom is -0.480 e. The van der Waals surface area contributed by atoms with Gasteiger partial charge in [-0.25, -0.2) is 4.98 Å². The highest BCUT2D eigenvalue weighted by molar-refractivity contribution is 5.83. The third-order valence-electron chi connectivity index (χ3n) is 1.87. The van der Waals surface area contributed by atoms with E-state index < -0.39 is 0 Å². The first-order chi connectivity index (χ1) is 7.31. The van der Waals surface area contributed by atoms with Crippen molar-refractivity contribution in [2.24, 2.45) is 0 Å². The zero-order valence-corrected chi connectivity index (χ0v) is 9.61. The summed E-state index contributed by atoms with van der Waals surface area (Å²) in [7, 11) is 1.62. The molecule has 0 radical (unpaired) electrons. The number of benzene rings is 1. The molecule has 1 aromatic heterocycles. The fourth-order valence-corrected chi connectivity index (χ4v) is 1.31. The van der Waals surface area contributed by atoms with Gasteiger partial charge in [0.25, 0.3) is 0 Å². The van der Waals surface area contributed by atoms with Crippen LogP contribution in [0.3, 0.4) is 0 Å². The van der Waals surface area contributed by atoms with E-state index in [0.717, 1.165) is 16.7 Å². The van der Waals surface area contributed by atoms with Crippen LogP contribution in [0.2, 0.25) is 0 Å². The number of ether oxygens (including phenoxy) is 1. The van der Waals surface area contributed by atoms with Gasteiger partial charge in [-0.15, -0.1) is 0 Å². The average Bonchev–Trinajstić information content (AvgIpc) is 2.30. The van der Waals surface area contributed by atoms with Gasteiger partial charge in [-0.2, -0.15) is 4.98 Å². The second-order valence-electron chi connectivity index (χ2n) is 2.80. The zero-order valence-electron chi connectivity index (χ0n) is 9.61. The number of rotatable bonds is 1. The first kappa shape index (κ1) is 11.4. The summed E-state index contributed by atoms with van der Waals surface area (Å²) < 4.78 is 5.16. The van der Waals surface area contributed by atoms with Crippen LogP contribution in [0.15, 0.2) is 24.3 Å². The Balaban J connectivity index is 0.000000531.